The molecule has 0 radical (unpaired) electrons. The van der Waals surface area contributed by atoms with E-state index in [2.05, 4.69) is 50.3 Å². The lowest BCUT2D eigenvalue weighted by Gasteiger charge is -2.14. The van der Waals surface area contributed by atoms with E-state index in [0.717, 1.165) is 4.47 Å². The molecule has 88 valence electrons. The maximum atomic E-state index is 5.48. The van der Waals surface area contributed by atoms with E-state index in [0.29, 0.717) is 11.6 Å². The third-order valence-electron chi connectivity index (χ3n) is 2.38. The summed E-state index contributed by atoms with van der Waals surface area (Å²) in [6, 6.07) is 8.30. The Kier molecular flexibility index (Phi) is 3.58. The van der Waals surface area contributed by atoms with Crippen LogP contribution in [0.15, 0.2) is 41.1 Å². The van der Waals surface area contributed by atoms with Crippen LogP contribution in [0.4, 0.5) is 11.6 Å². The zero-order chi connectivity index (χ0) is 12.3. The van der Waals surface area contributed by atoms with Gasteiger partial charge in [0.25, 0.3) is 0 Å². The van der Waals surface area contributed by atoms with Gasteiger partial charge in [0.05, 0.1) is 18.4 Å². The van der Waals surface area contributed by atoms with Crippen LogP contribution in [-0.4, -0.2) is 9.97 Å². The van der Waals surface area contributed by atoms with Gasteiger partial charge in [-0.15, -0.1) is 0 Å². The van der Waals surface area contributed by atoms with E-state index in [1.807, 2.05) is 12.1 Å². The second-order valence-corrected chi connectivity index (χ2v) is 4.66. The van der Waals surface area contributed by atoms with Gasteiger partial charge in [-0.3, -0.25) is 0 Å². The first-order valence-electron chi connectivity index (χ1n) is 5.24. The number of hydrogen-bond donors (Lipinski definition) is 2. The third-order valence-corrected chi connectivity index (χ3v) is 2.88. The summed E-state index contributed by atoms with van der Waals surface area (Å²) in [6.45, 7) is 2.07. The van der Waals surface area contributed by atoms with Crippen LogP contribution >= 0.6 is 15.9 Å². The Balaban J connectivity index is 2.11. The van der Waals surface area contributed by atoms with Crippen molar-refractivity contribution in [3.63, 3.8) is 0 Å². The first-order valence-corrected chi connectivity index (χ1v) is 6.04. The van der Waals surface area contributed by atoms with Crippen molar-refractivity contribution in [2.75, 3.05) is 11.1 Å². The van der Waals surface area contributed by atoms with Crippen molar-refractivity contribution >= 4 is 27.6 Å². The fourth-order valence-corrected chi connectivity index (χ4v) is 1.91. The largest absolute Gasteiger partial charge is 0.382 e. The molecule has 0 saturated carbocycles. The maximum absolute atomic E-state index is 5.48. The van der Waals surface area contributed by atoms with E-state index >= 15 is 0 Å². The molecule has 1 atom stereocenters. The van der Waals surface area contributed by atoms with E-state index in [9.17, 15) is 0 Å². The Bertz CT molecular complexity index is 498. The molecule has 0 fully saturated rings. The summed E-state index contributed by atoms with van der Waals surface area (Å²) in [5.41, 5.74) is 6.66. The summed E-state index contributed by atoms with van der Waals surface area (Å²) in [4.78, 5) is 8.14. The van der Waals surface area contributed by atoms with Gasteiger partial charge in [0.15, 0.2) is 0 Å². The van der Waals surface area contributed by atoms with Crippen molar-refractivity contribution in [2.45, 2.75) is 13.0 Å². The van der Waals surface area contributed by atoms with Gasteiger partial charge in [-0.05, 0) is 24.6 Å². The first-order chi connectivity index (χ1) is 8.15. The van der Waals surface area contributed by atoms with Crippen LogP contribution in [0.25, 0.3) is 0 Å². The van der Waals surface area contributed by atoms with Gasteiger partial charge >= 0.3 is 0 Å². The van der Waals surface area contributed by atoms with Crippen LogP contribution in [-0.2, 0) is 0 Å². The Morgan fingerprint density at radius 3 is 2.76 bits per heavy atom. The minimum atomic E-state index is 0.158. The highest BCUT2D eigenvalue weighted by Crippen LogP contribution is 2.20. The first kappa shape index (κ1) is 11.9. The van der Waals surface area contributed by atoms with Crippen LogP contribution in [0.5, 0.6) is 0 Å². The number of benzene rings is 1. The number of nitrogens with zero attached hydrogens (tertiary/aromatic N) is 2. The standard InChI is InChI=1S/C12H13BrN4/c1-8(9-3-2-4-10(13)5-9)17-12-7-15-11(14)6-16-12/h2-8H,1H3,(H2,14,15)(H,16,17). The van der Waals surface area contributed by atoms with Crippen molar-refractivity contribution < 1.29 is 0 Å². The molecule has 3 N–H and O–H groups in total. The van der Waals surface area contributed by atoms with Crippen molar-refractivity contribution in [1.82, 2.24) is 9.97 Å². The number of nitrogens with one attached hydrogen (secondary N) is 1. The Morgan fingerprint density at radius 2 is 2.12 bits per heavy atom. The molecule has 17 heavy (non-hydrogen) atoms. The molecule has 1 aromatic carbocycles. The minimum absolute atomic E-state index is 0.158. The summed E-state index contributed by atoms with van der Waals surface area (Å²) in [6.07, 6.45) is 3.17. The monoisotopic (exact) mass is 292 g/mol. The highest BCUT2D eigenvalue weighted by molar-refractivity contribution is 9.10. The number of nitrogens with two attached hydrogens (primary N) is 1. The van der Waals surface area contributed by atoms with Crippen LogP contribution in [0.3, 0.4) is 0 Å². The van der Waals surface area contributed by atoms with E-state index in [1.54, 1.807) is 6.20 Å². The Hall–Kier alpha value is -1.62. The molecule has 1 unspecified atom stereocenters. The maximum Gasteiger partial charge on any atom is 0.145 e. The van der Waals surface area contributed by atoms with Crippen molar-refractivity contribution in [1.29, 1.82) is 0 Å². The smallest absolute Gasteiger partial charge is 0.145 e. The Labute approximate surface area is 108 Å². The number of anilines is 2. The summed E-state index contributed by atoms with van der Waals surface area (Å²) in [7, 11) is 0. The molecular weight excluding hydrogens is 280 g/mol. The van der Waals surface area contributed by atoms with Crippen LogP contribution in [0.1, 0.15) is 18.5 Å². The quantitative estimate of drug-likeness (QED) is 0.913. The number of hydrogen-bond acceptors (Lipinski definition) is 4. The molecule has 0 amide bonds. The van der Waals surface area contributed by atoms with Gasteiger partial charge < -0.3 is 11.1 Å². The lowest BCUT2D eigenvalue weighted by molar-refractivity contribution is 0.871. The molecule has 2 rings (SSSR count). The van der Waals surface area contributed by atoms with Gasteiger partial charge in [0, 0.05) is 4.47 Å². The molecular formula is C12H13BrN4. The summed E-state index contributed by atoms with van der Waals surface area (Å²) in [5.74, 6) is 1.14. The van der Waals surface area contributed by atoms with Crippen LogP contribution in [0, 0.1) is 0 Å². The number of aromatic nitrogens is 2. The summed E-state index contributed by atoms with van der Waals surface area (Å²) < 4.78 is 1.06. The number of rotatable bonds is 3. The molecule has 1 aromatic heterocycles. The highest BCUT2D eigenvalue weighted by atomic mass is 79.9. The third kappa shape index (κ3) is 3.17. The molecule has 0 aliphatic carbocycles. The van der Waals surface area contributed by atoms with Crippen LogP contribution in [0.2, 0.25) is 0 Å². The van der Waals surface area contributed by atoms with E-state index in [4.69, 9.17) is 5.73 Å². The topological polar surface area (TPSA) is 63.8 Å². The molecule has 0 saturated heterocycles. The fraction of sp³-hybridized carbons (Fsp3) is 0.167. The molecule has 0 aliphatic heterocycles. The molecule has 0 bridgehead atoms. The van der Waals surface area contributed by atoms with E-state index < -0.39 is 0 Å². The SMILES string of the molecule is CC(Nc1cnc(N)cn1)c1cccc(Br)c1. The van der Waals surface area contributed by atoms with Crippen molar-refractivity contribution in [3.8, 4) is 0 Å². The molecule has 2 aromatic rings. The van der Waals surface area contributed by atoms with E-state index in [1.165, 1.54) is 11.8 Å². The fourth-order valence-electron chi connectivity index (χ4n) is 1.49. The van der Waals surface area contributed by atoms with Crippen molar-refractivity contribution in [2.24, 2.45) is 0 Å². The predicted octanol–water partition coefficient (Wildman–Crippen LogP) is 2.99. The Morgan fingerprint density at radius 1 is 1.29 bits per heavy atom. The van der Waals surface area contributed by atoms with Gasteiger partial charge in [-0.1, -0.05) is 28.1 Å². The molecule has 1 heterocycles. The second-order valence-electron chi connectivity index (χ2n) is 3.75. The lowest BCUT2D eigenvalue weighted by Crippen LogP contribution is -2.08. The average Bonchev–Trinajstić information content (AvgIpc) is 2.32. The van der Waals surface area contributed by atoms with Crippen molar-refractivity contribution in [3.05, 3.63) is 46.7 Å². The number of halogens is 1. The molecule has 0 spiro atoms. The zero-order valence-electron chi connectivity index (χ0n) is 9.39. The molecule has 5 heteroatoms. The zero-order valence-corrected chi connectivity index (χ0v) is 11.0. The molecule has 0 aliphatic rings. The summed E-state index contributed by atoms with van der Waals surface area (Å²) >= 11 is 3.45. The van der Waals surface area contributed by atoms with Crippen LogP contribution < -0.4 is 11.1 Å². The second kappa shape index (κ2) is 5.14. The van der Waals surface area contributed by atoms with Gasteiger partial charge in [-0.25, -0.2) is 9.97 Å². The van der Waals surface area contributed by atoms with Gasteiger partial charge in [0.1, 0.15) is 11.6 Å². The normalized spacial score (nSPS) is 12.1. The van der Waals surface area contributed by atoms with E-state index in [-0.39, 0.29) is 6.04 Å². The van der Waals surface area contributed by atoms with Gasteiger partial charge in [-0.2, -0.15) is 0 Å². The number of nitrogen functional groups attached to an aromatic ring is 1. The van der Waals surface area contributed by atoms with Gasteiger partial charge in [0.2, 0.25) is 0 Å². The summed E-state index contributed by atoms with van der Waals surface area (Å²) in [5, 5.41) is 3.26. The molecule has 4 nitrogen and oxygen atoms in total. The average molecular weight is 293 g/mol. The lowest BCUT2D eigenvalue weighted by atomic mass is 10.1. The highest BCUT2D eigenvalue weighted by Gasteiger charge is 2.06. The minimum Gasteiger partial charge on any atom is -0.382 e. The predicted molar refractivity (Wildman–Crippen MR) is 72.6 cm³/mol.